The smallest absolute Gasteiger partial charge is 0.416 e. The fraction of sp³-hybridized carbons (Fsp3) is 0.306. The number of anilines is 5. The zero-order chi connectivity index (χ0) is 50.3. The van der Waals surface area contributed by atoms with Crippen LogP contribution in [0.25, 0.3) is 27.5 Å². The molecule has 4 heterocycles. The number of alkyl halides is 3. The Morgan fingerprint density at radius 3 is 2.39 bits per heavy atom. The summed E-state index contributed by atoms with van der Waals surface area (Å²) in [5.74, 6) is 1.26. The van der Waals surface area contributed by atoms with Crippen molar-refractivity contribution in [3.63, 3.8) is 0 Å². The van der Waals surface area contributed by atoms with Gasteiger partial charge in [-0.25, -0.2) is 19.2 Å². The van der Waals surface area contributed by atoms with Crippen LogP contribution in [-0.2, 0) is 22.8 Å². The van der Waals surface area contributed by atoms with Crippen molar-refractivity contribution in [3.8, 4) is 17.2 Å². The molecule has 366 valence electrons. The van der Waals surface area contributed by atoms with Gasteiger partial charge < -0.3 is 35.9 Å². The number of rotatable bonds is 11. The molecule has 0 spiro atoms. The summed E-state index contributed by atoms with van der Waals surface area (Å²) in [5, 5.41) is 9.59. The van der Waals surface area contributed by atoms with E-state index in [0.717, 1.165) is 18.6 Å². The van der Waals surface area contributed by atoms with Crippen molar-refractivity contribution >= 4 is 79.0 Å². The number of aryl methyl sites for hydroxylation is 2. The maximum Gasteiger partial charge on any atom is 0.416 e. The van der Waals surface area contributed by atoms with Crippen LogP contribution in [0.1, 0.15) is 67.7 Å². The average molecular weight is 1080 g/mol. The maximum atomic E-state index is 14.8. The van der Waals surface area contributed by atoms with Crippen LogP contribution in [0.15, 0.2) is 87.2 Å². The molecule has 2 atom stereocenters. The number of nitrogens with two attached hydrogens (primary N) is 1. The molecule has 7 aromatic rings. The molecular formula is C49H48F4IN9O7. The molecule has 4 aromatic carbocycles. The number of benzene rings is 4. The Hall–Kier alpha value is -7.01. The van der Waals surface area contributed by atoms with Gasteiger partial charge in [0.05, 0.1) is 54.3 Å². The van der Waals surface area contributed by atoms with E-state index in [1.807, 2.05) is 22.6 Å². The fourth-order valence-corrected chi connectivity index (χ4v) is 8.73. The van der Waals surface area contributed by atoms with Crippen molar-refractivity contribution in [1.82, 2.24) is 23.7 Å². The zero-order valence-electron chi connectivity index (χ0n) is 38.8. The third-order valence-corrected chi connectivity index (χ3v) is 12.5. The maximum absolute atomic E-state index is 14.8. The largest absolute Gasteiger partial charge is 0.493 e. The molecule has 2 fully saturated rings. The highest BCUT2D eigenvalue weighted by molar-refractivity contribution is 14.1. The van der Waals surface area contributed by atoms with Gasteiger partial charge in [-0.2, -0.15) is 13.2 Å². The van der Waals surface area contributed by atoms with Gasteiger partial charge in [0, 0.05) is 58.4 Å². The number of nitrogens with zero attached hydrogens (tertiary/aromatic N) is 5. The number of pyridine rings is 1. The zero-order valence-corrected chi connectivity index (χ0v) is 40.9. The predicted molar refractivity (Wildman–Crippen MR) is 267 cm³/mol. The Balaban J connectivity index is 0.000000190. The fourth-order valence-electron chi connectivity index (χ4n) is 8.28. The Morgan fingerprint density at radius 1 is 0.971 bits per heavy atom. The van der Waals surface area contributed by atoms with Gasteiger partial charge in [0.1, 0.15) is 34.8 Å². The molecule has 0 radical (unpaired) electrons. The molecule has 1 aliphatic carbocycles. The minimum absolute atomic E-state index is 0.0383. The van der Waals surface area contributed by atoms with E-state index in [1.165, 1.54) is 45.9 Å². The molecule has 70 heavy (non-hydrogen) atoms. The first kappa shape index (κ1) is 49.4. The van der Waals surface area contributed by atoms with Crippen molar-refractivity contribution in [2.24, 2.45) is 7.05 Å². The summed E-state index contributed by atoms with van der Waals surface area (Å²) in [7, 11) is 3.04. The molecule has 9 rings (SSSR count). The first-order valence-corrected chi connectivity index (χ1v) is 23.2. The van der Waals surface area contributed by atoms with Gasteiger partial charge in [0.25, 0.3) is 11.1 Å². The van der Waals surface area contributed by atoms with Crippen molar-refractivity contribution in [3.05, 3.63) is 136 Å². The van der Waals surface area contributed by atoms with E-state index in [0.29, 0.717) is 80.6 Å². The van der Waals surface area contributed by atoms with Gasteiger partial charge in [-0.3, -0.25) is 28.1 Å². The summed E-state index contributed by atoms with van der Waals surface area (Å²) in [4.78, 5) is 61.5. The number of nitrogens with one attached hydrogen (secondary N) is 3. The molecule has 1 saturated heterocycles. The lowest BCUT2D eigenvalue weighted by atomic mass is 10.0. The van der Waals surface area contributed by atoms with E-state index in [1.54, 1.807) is 70.3 Å². The topological polar surface area (TPSA) is 199 Å². The number of methoxy groups -OCH3 is 1. The Bertz CT molecular complexity index is 3390. The highest BCUT2D eigenvalue weighted by atomic mass is 127. The van der Waals surface area contributed by atoms with Crippen molar-refractivity contribution in [2.75, 3.05) is 42.0 Å². The molecule has 1 amide bonds. The number of carbonyl (C=O) groups is 1. The monoisotopic (exact) mass is 1080 g/mol. The van der Waals surface area contributed by atoms with E-state index in [2.05, 4.69) is 25.9 Å². The van der Waals surface area contributed by atoms with Gasteiger partial charge in [-0.05, 0) is 122 Å². The number of amides is 1. The lowest BCUT2D eigenvalue weighted by Gasteiger charge is -2.21. The van der Waals surface area contributed by atoms with Crippen LogP contribution < -0.4 is 48.0 Å². The summed E-state index contributed by atoms with van der Waals surface area (Å²) in [5.41, 5.74) is 5.63. The molecule has 5 N–H and O–H groups in total. The molecule has 21 heteroatoms. The van der Waals surface area contributed by atoms with Gasteiger partial charge >= 0.3 is 11.9 Å². The quantitative estimate of drug-likeness (QED) is 0.0546. The first-order valence-electron chi connectivity index (χ1n) is 22.1. The molecule has 2 unspecified atom stereocenters. The minimum atomic E-state index is -4.49. The summed E-state index contributed by atoms with van der Waals surface area (Å²) >= 11 is 1.99. The van der Waals surface area contributed by atoms with Crippen LogP contribution in [0, 0.1) is 23.2 Å². The molecule has 1 saturated carbocycles. The minimum Gasteiger partial charge on any atom is -0.493 e. The predicted octanol–water partition coefficient (Wildman–Crippen LogP) is 8.83. The van der Waals surface area contributed by atoms with Crippen molar-refractivity contribution < 1.29 is 36.6 Å². The van der Waals surface area contributed by atoms with Gasteiger partial charge in [-0.15, -0.1) is 0 Å². The third-order valence-electron chi connectivity index (χ3n) is 11.8. The van der Waals surface area contributed by atoms with Crippen molar-refractivity contribution in [1.29, 1.82) is 0 Å². The van der Waals surface area contributed by atoms with Crippen molar-refractivity contribution in [2.45, 2.75) is 71.3 Å². The van der Waals surface area contributed by atoms with E-state index in [4.69, 9.17) is 19.9 Å². The van der Waals surface area contributed by atoms with Crippen LogP contribution in [0.2, 0.25) is 0 Å². The van der Waals surface area contributed by atoms with E-state index in [9.17, 15) is 36.7 Å². The third kappa shape index (κ3) is 10.3. The Morgan fingerprint density at radius 2 is 1.73 bits per heavy atom. The number of nitrogen functional groups attached to an aromatic ring is 1. The van der Waals surface area contributed by atoms with E-state index < -0.39 is 40.4 Å². The normalized spacial score (nSPS) is 15.0. The Labute approximate surface area is 410 Å². The van der Waals surface area contributed by atoms with Crippen LogP contribution in [-0.4, -0.2) is 56.0 Å². The van der Waals surface area contributed by atoms with Gasteiger partial charge in [-0.1, -0.05) is 6.07 Å². The number of hydrogen-bond donors (Lipinski definition) is 4. The molecular weight excluding hydrogens is 1030 g/mol. The van der Waals surface area contributed by atoms with Crippen LogP contribution in [0.5, 0.6) is 11.5 Å². The number of hydrogen-bond acceptors (Lipinski definition) is 12. The number of ether oxygens (including phenoxy) is 3. The molecule has 1 aliphatic heterocycles. The Kier molecular flexibility index (Phi) is 14.0. The second-order valence-corrected chi connectivity index (χ2v) is 18.3. The van der Waals surface area contributed by atoms with E-state index >= 15 is 0 Å². The summed E-state index contributed by atoms with van der Waals surface area (Å²) in [6, 6.07) is 17.4. The van der Waals surface area contributed by atoms with Crippen LogP contribution >= 0.6 is 22.6 Å². The van der Waals surface area contributed by atoms with Crippen LogP contribution in [0.4, 0.5) is 46.3 Å². The molecule has 3 aromatic heterocycles. The summed E-state index contributed by atoms with van der Waals surface area (Å²) in [6.07, 6.45) is -2.47. The SMILES string of the molecule is CC(=O)Nc1cccc(-n2c(=O)n(C3CC3)c(=O)c3c(Nc4ccc(I)cc4F)n(C)c(=O)c(C)c32)c1.COc1cc2nc(C)nc(NC(C)c3cc(N)cc(C(F)(F)F)c3)c2cc1OC1CCOC1. The first-order chi connectivity index (χ1) is 33.2. The number of aromatic nitrogens is 5. The van der Waals surface area contributed by atoms with E-state index in [-0.39, 0.29) is 51.7 Å². The number of fused-ring (bicyclic) bond motifs is 2. The molecule has 2 aliphatic rings. The highest BCUT2D eigenvalue weighted by Gasteiger charge is 2.33. The lowest BCUT2D eigenvalue weighted by Crippen LogP contribution is -2.41. The van der Waals surface area contributed by atoms with Crippen LogP contribution in [0.3, 0.4) is 0 Å². The second-order valence-electron chi connectivity index (χ2n) is 17.1. The summed E-state index contributed by atoms with van der Waals surface area (Å²) in [6.45, 7) is 7.53. The molecule has 16 nitrogen and oxygen atoms in total. The van der Waals surface area contributed by atoms with Gasteiger partial charge in [0.15, 0.2) is 11.5 Å². The standard InChI is InChI=1S/C26H23FIN5O4.C23H25F3N4O3/c1-13-22-21(23(31(3)24(13)35)30-20-10-7-15(28)11-19(20)27)25(36)33(17-8-9-17)26(37)32(22)18-6-4-5-16(12-18)29-14(2)34;1-12(14-6-15(23(24,25)26)8-16(27)7-14)28-22-18-9-21(33-17-4-5-32-11-17)20(31-3)10-19(18)29-13(2)30-22/h4-7,10-12,17,30H,8-9H2,1-3H3,(H,29,34);6-10,12,17H,4-5,11,27H2,1-3H3,(H,28,29,30). The highest BCUT2D eigenvalue weighted by Crippen LogP contribution is 2.38. The molecule has 0 bridgehead atoms. The number of halogens is 5. The summed E-state index contributed by atoms with van der Waals surface area (Å²) < 4.78 is 76.0. The number of carbonyl (C=O) groups excluding carboxylic acids is 1. The van der Waals surface area contributed by atoms with Gasteiger partial charge in [0.2, 0.25) is 5.91 Å². The lowest BCUT2D eigenvalue weighted by molar-refractivity contribution is -0.137. The average Bonchev–Trinajstić information content (AvgIpc) is 4.00. The second kappa shape index (κ2) is 19.8.